The van der Waals surface area contributed by atoms with Crippen LogP contribution < -0.4 is 5.32 Å². The zero-order valence-corrected chi connectivity index (χ0v) is 34.9. The number of allylic oxidation sites excluding steroid dienone is 3. The molecule has 0 saturated carbocycles. The first kappa shape index (κ1) is 52.6. The quantitative estimate of drug-likeness (QED) is 0.0331. The summed E-state index contributed by atoms with van der Waals surface area (Å²) in [6.45, 7) is 1.24. The summed E-state index contributed by atoms with van der Waals surface area (Å²) in [7, 11) is 0. The smallest absolute Gasteiger partial charge is 0.220 e. The second-order valence-electron chi connectivity index (χ2n) is 15.8. The number of nitrogens with one attached hydrogen (secondary N) is 1. The Morgan fingerprint density at radius 3 is 1.63 bits per heavy atom. The van der Waals surface area contributed by atoms with Gasteiger partial charge in [-0.05, 0) is 32.1 Å². The number of ether oxygens (including phenoxy) is 6. The minimum atomic E-state index is -1.97. The molecule has 3 heterocycles. The number of carbonyl (C=O) groups is 1. The number of rotatable bonds is 27. The molecule has 0 bridgehead atoms. The van der Waals surface area contributed by atoms with Crippen LogP contribution in [0.4, 0.5) is 0 Å². The Kier molecular flexibility index (Phi) is 24.7. The van der Waals surface area contributed by atoms with E-state index in [2.05, 4.69) is 24.4 Å². The Labute approximate surface area is 352 Å². The first-order valence-corrected chi connectivity index (χ1v) is 21.6. The van der Waals surface area contributed by atoms with Gasteiger partial charge < -0.3 is 89.9 Å². The molecule has 3 saturated heterocycles. The number of amides is 1. The van der Waals surface area contributed by atoms with Crippen molar-refractivity contribution in [2.24, 2.45) is 0 Å². The average molecular weight is 868 g/mol. The standard InChI is InChI=1S/C41H73NO18/c1-3-5-6-7-8-9-10-11-12-13-14-15-16-17-19-25(46)24(42-29(47)18-4-2)23-55-39-35(53)32(50)37(27(21-44)57-39)60-41-36(54)33(51)38(28(22-45)58-41)59-40-34(52)31(49)30(48)26(20-43)56-40/h13-14,17,19,24-28,30-41,43-46,48-54H,3-12,15-16,18,20-23H2,1-2H3,(H,42,47)/b14-13+,19-17+. The van der Waals surface area contributed by atoms with Crippen molar-refractivity contribution in [1.29, 1.82) is 0 Å². The van der Waals surface area contributed by atoms with E-state index in [9.17, 15) is 61.0 Å². The summed E-state index contributed by atoms with van der Waals surface area (Å²) in [6, 6.07) is -0.979. The molecule has 350 valence electrons. The highest BCUT2D eigenvalue weighted by Crippen LogP contribution is 2.32. The Morgan fingerprint density at radius 2 is 1.07 bits per heavy atom. The largest absolute Gasteiger partial charge is 0.394 e. The van der Waals surface area contributed by atoms with Crippen LogP contribution in [0.3, 0.4) is 0 Å². The molecule has 1 amide bonds. The van der Waals surface area contributed by atoms with Crippen LogP contribution in [0.15, 0.2) is 24.3 Å². The van der Waals surface area contributed by atoms with Crippen molar-refractivity contribution in [3.63, 3.8) is 0 Å². The lowest BCUT2D eigenvalue weighted by molar-refractivity contribution is -0.379. The molecular weight excluding hydrogens is 794 g/mol. The molecule has 0 spiro atoms. The van der Waals surface area contributed by atoms with E-state index in [1.807, 2.05) is 6.92 Å². The predicted molar refractivity (Wildman–Crippen MR) is 213 cm³/mol. The van der Waals surface area contributed by atoms with Crippen molar-refractivity contribution in [2.75, 3.05) is 26.4 Å². The number of carbonyl (C=O) groups excluding carboxylic acids is 1. The summed E-state index contributed by atoms with van der Waals surface area (Å²) in [6.07, 6.45) is -5.89. The second-order valence-corrected chi connectivity index (χ2v) is 15.8. The lowest BCUT2D eigenvalue weighted by Crippen LogP contribution is -2.66. The predicted octanol–water partition coefficient (Wildman–Crippen LogP) is -1.48. The number of aliphatic hydroxyl groups excluding tert-OH is 11. The summed E-state index contributed by atoms with van der Waals surface area (Å²) in [5.74, 6) is -0.343. The Morgan fingerprint density at radius 1 is 0.583 bits per heavy atom. The molecule has 3 rings (SSSR count). The first-order valence-electron chi connectivity index (χ1n) is 21.6. The Hall–Kier alpha value is -1.73. The van der Waals surface area contributed by atoms with Gasteiger partial charge >= 0.3 is 0 Å². The summed E-state index contributed by atoms with van der Waals surface area (Å²) in [5.41, 5.74) is 0. The van der Waals surface area contributed by atoms with E-state index in [4.69, 9.17) is 28.4 Å². The molecular formula is C41H73NO18. The molecule has 0 aromatic heterocycles. The molecule has 60 heavy (non-hydrogen) atoms. The van der Waals surface area contributed by atoms with Gasteiger partial charge in [0.1, 0.15) is 73.2 Å². The van der Waals surface area contributed by atoms with Crippen LogP contribution in [-0.2, 0) is 33.2 Å². The maximum Gasteiger partial charge on any atom is 0.220 e. The highest BCUT2D eigenvalue weighted by molar-refractivity contribution is 5.76. The fraction of sp³-hybridized carbons (Fsp3) is 0.878. The zero-order chi connectivity index (χ0) is 44.2. The van der Waals surface area contributed by atoms with Gasteiger partial charge in [0.15, 0.2) is 18.9 Å². The molecule has 3 aliphatic rings. The van der Waals surface area contributed by atoms with Gasteiger partial charge in [-0.2, -0.15) is 0 Å². The summed E-state index contributed by atoms with van der Waals surface area (Å²) < 4.78 is 33.7. The molecule has 19 nitrogen and oxygen atoms in total. The van der Waals surface area contributed by atoms with Crippen LogP contribution in [0.5, 0.6) is 0 Å². The average Bonchev–Trinajstić information content (AvgIpc) is 3.24. The Balaban J connectivity index is 1.55. The summed E-state index contributed by atoms with van der Waals surface area (Å²) in [5, 5.41) is 118. The molecule has 17 atom stereocenters. The van der Waals surface area contributed by atoms with Gasteiger partial charge in [-0.3, -0.25) is 4.79 Å². The highest BCUT2D eigenvalue weighted by Gasteiger charge is 2.53. The van der Waals surface area contributed by atoms with E-state index < -0.39 is 124 Å². The molecule has 19 heteroatoms. The summed E-state index contributed by atoms with van der Waals surface area (Å²) in [4.78, 5) is 12.5. The van der Waals surface area contributed by atoms with E-state index in [0.29, 0.717) is 12.8 Å². The van der Waals surface area contributed by atoms with Crippen LogP contribution in [-0.4, -0.2) is 193 Å². The lowest BCUT2D eigenvalue weighted by Gasteiger charge is -2.48. The fourth-order valence-corrected chi connectivity index (χ4v) is 7.31. The van der Waals surface area contributed by atoms with Gasteiger partial charge in [0, 0.05) is 6.42 Å². The molecule has 0 radical (unpaired) electrons. The van der Waals surface area contributed by atoms with E-state index >= 15 is 0 Å². The summed E-state index contributed by atoms with van der Waals surface area (Å²) >= 11 is 0. The van der Waals surface area contributed by atoms with Gasteiger partial charge in [-0.25, -0.2) is 0 Å². The molecule has 12 N–H and O–H groups in total. The fourth-order valence-electron chi connectivity index (χ4n) is 7.31. The van der Waals surface area contributed by atoms with Gasteiger partial charge in [-0.1, -0.05) is 83.1 Å². The van der Waals surface area contributed by atoms with Crippen LogP contribution in [0, 0.1) is 0 Å². The second kappa shape index (κ2) is 28.1. The number of hydrogen-bond acceptors (Lipinski definition) is 18. The van der Waals surface area contributed by atoms with Crippen molar-refractivity contribution >= 4 is 5.91 Å². The van der Waals surface area contributed by atoms with Crippen molar-refractivity contribution < 1.29 is 89.4 Å². The molecule has 17 unspecified atom stereocenters. The minimum absolute atomic E-state index is 0.186. The van der Waals surface area contributed by atoms with Crippen molar-refractivity contribution in [3.05, 3.63) is 24.3 Å². The molecule has 0 aromatic rings. The topological polar surface area (TPSA) is 307 Å². The highest BCUT2D eigenvalue weighted by atomic mass is 16.8. The third kappa shape index (κ3) is 15.8. The van der Waals surface area contributed by atoms with Gasteiger partial charge in [-0.15, -0.1) is 0 Å². The van der Waals surface area contributed by atoms with Crippen molar-refractivity contribution in [3.8, 4) is 0 Å². The van der Waals surface area contributed by atoms with Crippen molar-refractivity contribution in [1.82, 2.24) is 5.32 Å². The third-order valence-electron chi connectivity index (χ3n) is 11.0. The maximum atomic E-state index is 12.5. The van der Waals surface area contributed by atoms with Crippen LogP contribution in [0.2, 0.25) is 0 Å². The van der Waals surface area contributed by atoms with Gasteiger partial charge in [0.05, 0.1) is 38.6 Å². The van der Waals surface area contributed by atoms with Crippen LogP contribution in [0.25, 0.3) is 0 Å². The van der Waals surface area contributed by atoms with Gasteiger partial charge in [0.25, 0.3) is 0 Å². The third-order valence-corrected chi connectivity index (χ3v) is 11.0. The monoisotopic (exact) mass is 867 g/mol. The molecule has 3 fully saturated rings. The number of aliphatic hydroxyl groups is 11. The van der Waals surface area contributed by atoms with Crippen LogP contribution in [0.1, 0.15) is 97.3 Å². The lowest BCUT2D eigenvalue weighted by atomic mass is 9.96. The van der Waals surface area contributed by atoms with Gasteiger partial charge in [0.2, 0.25) is 5.91 Å². The van der Waals surface area contributed by atoms with E-state index in [1.54, 1.807) is 12.2 Å². The molecule has 0 aromatic carbocycles. The minimum Gasteiger partial charge on any atom is -0.394 e. The first-order chi connectivity index (χ1) is 28.8. The van der Waals surface area contributed by atoms with E-state index in [1.165, 1.54) is 44.9 Å². The van der Waals surface area contributed by atoms with Crippen molar-refractivity contribution in [2.45, 2.75) is 202 Å². The normalized spacial score (nSPS) is 36.2. The maximum absolute atomic E-state index is 12.5. The Bertz CT molecular complexity index is 1230. The number of unbranched alkanes of at least 4 members (excludes halogenated alkanes) is 9. The number of hydrogen-bond donors (Lipinski definition) is 12. The zero-order valence-electron chi connectivity index (χ0n) is 34.9. The molecule has 3 aliphatic heterocycles. The van der Waals surface area contributed by atoms with Crippen LogP contribution >= 0.6 is 0 Å². The SMILES string of the molecule is CCCCCCCCCC/C=C/CC/C=C/C(O)C(COC1OC(CO)C(OC2OC(CO)C(OC3OC(CO)C(O)C(O)C3O)C(O)C2O)C(O)C1O)NC(=O)CCC. The van der Waals surface area contributed by atoms with E-state index in [-0.39, 0.29) is 18.9 Å². The van der Waals surface area contributed by atoms with E-state index in [0.717, 1.165) is 19.3 Å². The molecule has 0 aliphatic carbocycles.